The fourth-order valence-corrected chi connectivity index (χ4v) is 2.52. The van der Waals surface area contributed by atoms with Gasteiger partial charge in [-0.2, -0.15) is 0 Å². The number of halogens is 1. The molecule has 0 radical (unpaired) electrons. The largest absolute Gasteiger partial charge is 0.506 e. The van der Waals surface area contributed by atoms with E-state index in [1.54, 1.807) is 24.4 Å². The summed E-state index contributed by atoms with van der Waals surface area (Å²) < 4.78 is 13.3. The van der Waals surface area contributed by atoms with Crippen molar-refractivity contribution in [3.8, 4) is 39.9 Å². The van der Waals surface area contributed by atoms with Crippen molar-refractivity contribution in [1.29, 1.82) is 0 Å². The number of hydrogen-bond donors (Lipinski definition) is 1. The highest BCUT2D eigenvalue weighted by molar-refractivity contribution is 5.68. The van der Waals surface area contributed by atoms with Crippen molar-refractivity contribution < 1.29 is 9.50 Å². The van der Waals surface area contributed by atoms with E-state index in [4.69, 9.17) is 0 Å². The fourth-order valence-electron chi connectivity index (χ4n) is 2.52. The highest BCUT2D eigenvalue weighted by atomic mass is 19.1. The van der Waals surface area contributed by atoms with Crippen LogP contribution < -0.4 is 0 Å². The predicted octanol–water partition coefficient (Wildman–Crippen LogP) is 4.11. The van der Waals surface area contributed by atoms with Crippen LogP contribution in [0.1, 0.15) is 0 Å². The zero-order chi connectivity index (χ0) is 17.9. The molecule has 0 aliphatic carbocycles. The molecule has 0 aliphatic heterocycles. The van der Waals surface area contributed by atoms with E-state index in [0.29, 0.717) is 28.6 Å². The number of aromatic hydroxyl groups is 1. The first-order valence-electron chi connectivity index (χ1n) is 7.91. The summed E-state index contributed by atoms with van der Waals surface area (Å²) in [4.78, 5) is 17.3. The van der Waals surface area contributed by atoms with Crippen LogP contribution in [0.15, 0.2) is 73.1 Å². The van der Waals surface area contributed by atoms with Crippen molar-refractivity contribution in [3.05, 3.63) is 78.9 Å². The summed E-state index contributed by atoms with van der Waals surface area (Å²) in [6.07, 6.45) is 2.89. The summed E-state index contributed by atoms with van der Waals surface area (Å²) in [5.74, 6) is 0.815. The maximum absolute atomic E-state index is 13.3. The van der Waals surface area contributed by atoms with Crippen LogP contribution >= 0.6 is 0 Å². The van der Waals surface area contributed by atoms with Gasteiger partial charge < -0.3 is 5.11 Å². The molecule has 0 saturated heterocycles. The van der Waals surface area contributed by atoms with Gasteiger partial charge in [-0.05, 0) is 30.3 Å². The van der Waals surface area contributed by atoms with E-state index in [-0.39, 0.29) is 11.6 Å². The van der Waals surface area contributed by atoms with Crippen LogP contribution in [0.25, 0.3) is 34.2 Å². The lowest BCUT2D eigenvalue weighted by Crippen LogP contribution is -2.00. The normalized spacial score (nSPS) is 10.7. The van der Waals surface area contributed by atoms with Gasteiger partial charge >= 0.3 is 0 Å². The zero-order valence-electron chi connectivity index (χ0n) is 13.5. The maximum atomic E-state index is 13.3. The minimum atomic E-state index is -0.335. The van der Waals surface area contributed by atoms with E-state index in [1.165, 1.54) is 18.3 Å². The Hall–Kier alpha value is -3.67. The van der Waals surface area contributed by atoms with Crippen LogP contribution in [0.2, 0.25) is 0 Å². The average molecular weight is 344 g/mol. The monoisotopic (exact) mass is 344 g/mol. The Balaban J connectivity index is 1.93. The molecule has 0 aliphatic rings. The van der Waals surface area contributed by atoms with Gasteiger partial charge in [0.15, 0.2) is 17.5 Å². The number of nitrogens with zero attached hydrogens (tertiary/aromatic N) is 4. The van der Waals surface area contributed by atoms with E-state index < -0.39 is 0 Å². The third kappa shape index (κ3) is 3.12. The van der Waals surface area contributed by atoms with Gasteiger partial charge in [-0.1, -0.05) is 30.3 Å². The Morgan fingerprint density at radius 1 is 0.692 bits per heavy atom. The van der Waals surface area contributed by atoms with Gasteiger partial charge in [0.1, 0.15) is 11.6 Å². The molecule has 2 aromatic carbocycles. The molecular formula is C20H13FN4O. The van der Waals surface area contributed by atoms with Crippen molar-refractivity contribution in [3.63, 3.8) is 0 Å². The van der Waals surface area contributed by atoms with Gasteiger partial charge in [-0.3, -0.25) is 4.98 Å². The third-order valence-corrected chi connectivity index (χ3v) is 3.81. The van der Waals surface area contributed by atoms with E-state index in [0.717, 1.165) is 5.56 Å². The molecule has 0 unspecified atom stereocenters. The topological polar surface area (TPSA) is 71.8 Å². The van der Waals surface area contributed by atoms with E-state index >= 15 is 0 Å². The average Bonchev–Trinajstić information content (AvgIpc) is 2.69. The van der Waals surface area contributed by atoms with Crippen LogP contribution in [0.5, 0.6) is 5.75 Å². The van der Waals surface area contributed by atoms with Crippen LogP contribution in [0, 0.1) is 5.82 Å². The van der Waals surface area contributed by atoms with Crippen LogP contribution in [0.3, 0.4) is 0 Å². The summed E-state index contributed by atoms with van der Waals surface area (Å²) in [7, 11) is 0. The summed E-state index contributed by atoms with van der Waals surface area (Å²) in [5, 5.41) is 10.1. The first-order chi connectivity index (χ1) is 12.7. The van der Waals surface area contributed by atoms with Crippen molar-refractivity contribution in [2.75, 3.05) is 0 Å². The summed E-state index contributed by atoms with van der Waals surface area (Å²) in [6, 6.07) is 17.0. The molecule has 0 saturated carbocycles. The summed E-state index contributed by atoms with van der Waals surface area (Å²) >= 11 is 0. The highest BCUT2D eigenvalue weighted by Crippen LogP contribution is 2.28. The Morgan fingerprint density at radius 3 is 1.96 bits per heavy atom. The smallest absolute Gasteiger partial charge is 0.167 e. The molecule has 4 aromatic rings. The molecule has 1 N–H and O–H groups in total. The Labute approximate surface area is 148 Å². The molecule has 2 aromatic heterocycles. The molecule has 6 heteroatoms. The molecule has 26 heavy (non-hydrogen) atoms. The Kier molecular flexibility index (Phi) is 4.07. The molecule has 0 amide bonds. The quantitative estimate of drug-likeness (QED) is 0.605. The second-order valence-electron chi connectivity index (χ2n) is 5.57. The van der Waals surface area contributed by atoms with E-state index in [1.807, 2.05) is 30.3 Å². The van der Waals surface area contributed by atoms with Crippen molar-refractivity contribution in [2.45, 2.75) is 0 Å². The van der Waals surface area contributed by atoms with Crippen molar-refractivity contribution >= 4 is 0 Å². The molecule has 5 nitrogen and oxygen atoms in total. The second kappa shape index (κ2) is 6.68. The zero-order valence-corrected chi connectivity index (χ0v) is 13.5. The lowest BCUT2D eigenvalue weighted by atomic mass is 10.1. The highest BCUT2D eigenvalue weighted by Gasteiger charge is 2.14. The molecule has 126 valence electrons. The number of hydrogen-bond acceptors (Lipinski definition) is 5. The van der Waals surface area contributed by atoms with Gasteiger partial charge in [0, 0.05) is 17.3 Å². The maximum Gasteiger partial charge on any atom is 0.167 e. The van der Waals surface area contributed by atoms with Crippen molar-refractivity contribution in [2.24, 2.45) is 0 Å². The fraction of sp³-hybridized carbons (Fsp3) is 0. The number of rotatable bonds is 3. The Bertz CT molecular complexity index is 1050. The molecular weight excluding hydrogens is 331 g/mol. The molecule has 0 atom stereocenters. The van der Waals surface area contributed by atoms with Gasteiger partial charge in [-0.25, -0.2) is 19.3 Å². The minimum Gasteiger partial charge on any atom is -0.506 e. The molecule has 0 fully saturated rings. The lowest BCUT2D eigenvalue weighted by molar-refractivity contribution is 0.474. The summed E-state index contributed by atoms with van der Waals surface area (Å²) in [6.45, 7) is 0. The molecule has 0 spiro atoms. The number of benzene rings is 2. The molecule has 0 bridgehead atoms. The van der Waals surface area contributed by atoms with Crippen molar-refractivity contribution in [1.82, 2.24) is 19.9 Å². The molecule has 2 heterocycles. The van der Waals surface area contributed by atoms with Crippen LogP contribution in [0.4, 0.5) is 4.39 Å². The van der Waals surface area contributed by atoms with Gasteiger partial charge in [0.25, 0.3) is 0 Å². The first-order valence-corrected chi connectivity index (χ1v) is 7.91. The number of pyridine rings is 1. The minimum absolute atomic E-state index is 0.0252. The molecule has 4 rings (SSSR count). The van der Waals surface area contributed by atoms with Gasteiger partial charge in [-0.15, -0.1) is 0 Å². The predicted molar refractivity (Wildman–Crippen MR) is 95.6 cm³/mol. The second-order valence-corrected chi connectivity index (χ2v) is 5.57. The van der Waals surface area contributed by atoms with Crippen LogP contribution in [-0.2, 0) is 0 Å². The first kappa shape index (κ1) is 15.8. The lowest BCUT2D eigenvalue weighted by Gasteiger charge is -2.09. The third-order valence-electron chi connectivity index (χ3n) is 3.81. The number of aromatic nitrogens is 4. The SMILES string of the molecule is Oc1cnccc1-c1nc(-c2ccccc2)nc(-c2ccc(F)cc2)n1. The van der Waals surface area contributed by atoms with Crippen LogP contribution in [-0.4, -0.2) is 25.0 Å². The van der Waals surface area contributed by atoms with E-state index in [2.05, 4.69) is 19.9 Å². The summed E-state index contributed by atoms with van der Waals surface area (Å²) in [5.41, 5.74) is 1.91. The van der Waals surface area contributed by atoms with Gasteiger partial charge in [0.2, 0.25) is 0 Å². The standard InChI is InChI=1S/C20H13FN4O/c21-15-8-6-14(7-9-15)19-23-18(13-4-2-1-3-5-13)24-20(25-19)16-10-11-22-12-17(16)26/h1-12,26H. The van der Waals surface area contributed by atoms with E-state index in [9.17, 15) is 9.50 Å². The van der Waals surface area contributed by atoms with Gasteiger partial charge in [0.05, 0.1) is 11.8 Å². The Morgan fingerprint density at radius 2 is 1.31 bits per heavy atom.